The van der Waals surface area contributed by atoms with Crippen molar-refractivity contribution in [3.63, 3.8) is 0 Å². The molecular formula is C14H20N2O5S. The van der Waals surface area contributed by atoms with Crippen molar-refractivity contribution in [3.05, 3.63) is 36.4 Å². The topological polar surface area (TPSA) is 105 Å². The number of carbonyl (C=O) groups is 1. The molecule has 0 fully saturated rings. The van der Waals surface area contributed by atoms with Crippen LogP contribution in [0.3, 0.4) is 0 Å². The Kier molecular flexibility index (Phi) is 6.54. The van der Waals surface area contributed by atoms with Gasteiger partial charge in [-0.05, 0) is 25.1 Å². The minimum Gasteiger partial charge on any atom is -0.478 e. The number of sulfonamides is 1. The van der Waals surface area contributed by atoms with Crippen molar-refractivity contribution in [2.75, 3.05) is 25.6 Å². The Balaban J connectivity index is 3.24. The van der Waals surface area contributed by atoms with Gasteiger partial charge in [0.15, 0.2) is 0 Å². The third kappa shape index (κ3) is 4.83. The van der Waals surface area contributed by atoms with Crippen molar-refractivity contribution in [2.45, 2.75) is 17.9 Å². The molecule has 8 heteroatoms. The number of methoxy groups -OCH3 is 1. The molecule has 0 aromatic heterocycles. The van der Waals surface area contributed by atoms with E-state index in [1.54, 1.807) is 13.0 Å². The highest BCUT2D eigenvalue weighted by Gasteiger charge is 2.22. The normalized spacial score (nSPS) is 12.6. The zero-order valence-electron chi connectivity index (χ0n) is 12.5. The maximum atomic E-state index is 12.5. The van der Waals surface area contributed by atoms with E-state index in [2.05, 4.69) is 16.6 Å². The van der Waals surface area contributed by atoms with Crippen molar-refractivity contribution >= 4 is 21.7 Å². The van der Waals surface area contributed by atoms with Gasteiger partial charge in [0.25, 0.3) is 0 Å². The molecule has 0 aliphatic rings. The highest BCUT2D eigenvalue weighted by molar-refractivity contribution is 7.89. The molecule has 0 unspecified atom stereocenters. The van der Waals surface area contributed by atoms with Crippen LogP contribution in [-0.2, 0) is 14.8 Å². The van der Waals surface area contributed by atoms with Crippen LogP contribution in [0.25, 0.3) is 0 Å². The molecular weight excluding hydrogens is 308 g/mol. The van der Waals surface area contributed by atoms with Crippen molar-refractivity contribution in [3.8, 4) is 0 Å². The fourth-order valence-corrected chi connectivity index (χ4v) is 3.25. The summed E-state index contributed by atoms with van der Waals surface area (Å²) in [6, 6.07) is 3.43. The first kappa shape index (κ1) is 18.1. The molecule has 0 aliphatic heterocycles. The monoisotopic (exact) mass is 328 g/mol. The van der Waals surface area contributed by atoms with Crippen LogP contribution in [0.4, 0.5) is 5.69 Å². The third-order valence-corrected chi connectivity index (χ3v) is 4.36. The Morgan fingerprint density at radius 2 is 2.18 bits per heavy atom. The first-order chi connectivity index (χ1) is 10.3. The van der Waals surface area contributed by atoms with Gasteiger partial charge in [0.2, 0.25) is 10.0 Å². The molecule has 0 bridgehead atoms. The van der Waals surface area contributed by atoms with Crippen LogP contribution in [0.5, 0.6) is 0 Å². The van der Waals surface area contributed by atoms with Gasteiger partial charge in [-0.2, -0.15) is 0 Å². The summed E-state index contributed by atoms with van der Waals surface area (Å²) in [5, 5.41) is 11.9. The zero-order chi connectivity index (χ0) is 16.8. The molecule has 0 aliphatic carbocycles. The summed E-state index contributed by atoms with van der Waals surface area (Å²) in [5.41, 5.74) is 0.200. The highest BCUT2D eigenvalue weighted by atomic mass is 32.2. The number of hydrogen-bond acceptors (Lipinski definition) is 5. The van der Waals surface area contributed by atoms with Gasteiger partial charge in [-0.1, -0.05) is 6.08 Å². The van der Waals surface area contributed by atoms with Gasteiger partial charge in [-0.3, -0.25) is 0 Å². The number of anilines is 1. The lowest BCUT2D eigenvalue weighted by atomic mass is 10.2. The number of benzene rings is 1. The molecule has 0 spiro atoms. The average Bonchev–Trinajstić information content (AvgIpc) is 2.44. The van der Waals surface area contributed by atoms with Crippen molar-refractivity contribution in [1.29, 1.82) is 0 Å². The smallest absolute Gasteiger partial charge is 0.335 e. The lowest BCUT2D eigenvalue weighted by molar-refractivity contribution is 0.0696. The summed E-state index contributed by atoms with van der Waals surface area (Å²) in [7, 11) is -2.42. The highest BCUT2D eigenvalue weighted by Crippen LogP contribution is 2.23. The molecule has 7 nitrogen and oxygen atoms in total. The summed E-state index contributed by atoms with van der Waals surface area (Å²) < 4.78 is 32.2. The molecule has 1 rings (SSSR count). The minimum absolute atomic E-state index is 0.107. The molecule has 22 heavy (non-hydrogen) atoms. The molecule has 1 atom stereocenters. The standard InChI is InChI=1S/C14H20N2O5S/c1-4-7-15-12-6-5-11(14(17)18)8-13(12)22(19,20)16-10(2)9-21-3/h4-6,8,10,15-16H,1,7,9H2,2-3H3,(H,17,18)/t10-/m0/s1. The maximum Gasteiger partial charge on any atom is 0.335 e. The molecule has 3 N–H and O–H groups in total. The summed E-state index contributed by atoms with van der Waals surface area (Å²) >= 11 is 0. The molecule has 0 heterocycles. The van der Waals surface area contributed by atoms with E-state index in [4.69, 9.17) is 9.84 Å². The quantitative estimate of drug-likeness (QED) is 0.590. The zero-order valence-corrected chi connectivity index (χ0v) is 13.3. The largest absolute Gasteiger partial charge is 0.478 e. The number of nitrogens with one attached hydrogen (secondary N) is 2. The van der Waals surface area contributed by atoms with E-state index in [1.165, 1.54) is 19.2 Å². The molecule has 0 radical (unpaired) electrons. The molecule has 122 valence electrons. The van der Waals surface area contributed by atoms with Crippen LogP contribution in [0.15, 0.2) is 35.7 Å². The summed E-state index contributed by atoms with van der Waals surface area (Å²) in [5.74, 6) is -1.20. The van der Waals surface area contributed by atoms with E-state index < -0.39 is 22.0 Å². The van der Waals surface area contributed by atoms with Crippen LogP contribution in [0, 0.1) is 0 Å². The number of rotatable bonds is 9. The summed E-state index contributed by atoms with van der Waals surface area (Å²) in [6.45, 7) is 5.75. The minimum atomic E-state index is -3.89. The fraction of sp³-hybridized carbons (Fsp3) is 0.357. The lowest BCUT2D eigenvalue weighted by Gasteiger charge is -2.16. The molecule has 0 saturated heterocycles. The summed E-state index contributed by atoms with van der Waals surface area (Å²) in [6.07, 6.45) is 1.57. The predicted octanol–water partition coefficient (Wildman–Crippen LogP) is 1.30. The molecule has 1 aromatic carbocycles. The van der Waals surface area contributed by atoms with Crippen LogP contribution in [-0.4, -0.2) is 45.8 Å². The SMILES string of the molecule is C=CCNc1ccc(C(=O)O)cc1S(=O)(=O)N[C@@H](C)COC. The second-order valence-corrected chi connectivity index (χ2v) is 6.35. The first-order valence-corrected chi connectivity index (χ1v) is 8.03. The second-order valence-electron chi connectivity index (χ2n) is 4.66. The van der Waals surface area contributed by atoms with E-state index >= 15 is 0 Å². The van der Waals surface area contributed by atoms with Crippen LogP contribution in [0.1, 0.15) is 17.3 Å². The van der Waals surface area contributed by atoms with E-state index in [0.29, 0.717) is 12.2 Å². The Labute approximate surface area is 130 Å². The first-order valence-electron chi connectivity index (χ1n) is 6.55. The van der Waals surface area contributed by atoms with E-state index in [9.17, 15) is 13.2 Å². The van der Waals surface area contributed by atoms with Crippen LogP contribution < -0.4 is 10.0 Å². The number of aromatic carboxylic acids is 1. The van der Waals surface area contributed by atoms with Gasteiger partial charge in [0.05, 0.1) is 17.9 Å². The number of carboxylic acids is 1. The van der Waals surface area contributed by atoms with Gasteiger partial charge in [0.1, 0.15) is 4.90 Å². The van der Waals surface area contributed by atoms with Gasteiger partial charge in [-0.25, -0.2) is 17.9 Å². The summed E-state index contributed by atoms with van der Waals surface area (Å²) in [4.78, 5) is 10.9. The van der Waals surface area contributed by atoms with Crippen molar-refractivity contribution in [1.82, 2.24) is 4.72 Å². The van der Waals surface area contributed by atoms with Crippen LogP contribution >= 0.6 is 0 Å². The fourth-order valence-electron chi connectivity index (χ4n) is 1.82. The third-order valence-electron chi connectivity index (χ3n) is 2.73. The number of hydrogen-bond donors (Lipinski definition) is 3. The second kappa shape index (κ2) is 7.92. The van der Waals surface area contributed by atoms with Gasteiger partial charge >= 0.3 is 5.97 Å². The maximum absolute atomic E-state index is 12.5. The van der Waals surface area contributed by atoms with E-state index in [1.807, 2.05) is 0 Å². The molecule has 0 saturated carbocycles. The van der Waals surface area contributed by atoms with Gasteiger partial charge in [0, 0.05) is 19.7 Å². The van der Waals surface area contributed by atoms with Crippen molar-refractivity contribution in [2.24, 2.45) is 0 Å². The van der Waals surface area contributed by atoms with E-state index in [0.717, 1.165) is 6.07 Å². The van der Waals surface area contributed by atoms with Gasteiger partial charge < -0.3 is 15.2 Å². The molecule has 0 amide bonds. The molecule has 1 aromatic rings. The predicted molar refractivity (Wildman–Crippen MR) is 83.7 cm³/mol. The van der Waals surface area contributed by atoms with E-state index in [-0.39, 0.29) is 17.1 Å². The van der Waals surface area contributed by atoms with Crippen molar-refractivity contribution < 1.29 is 23.1 Å². The average molecular weight is 328 g/mol. The lowest BCUT2D eigenvalue weighted by Crippen LogP contribution is -2.36. The number of ether oxygens (including phenoxy) is 1. The van der Waals surface area contributed by atoms with Gasteiger partial charge in [-0.15, -0.1) is 6.58 Å². The Bertz CT molecular complexity index is 643. The van der Waals surface area contributed by atoms with Crippen LogP contribution in [0.2, 0.25) is 0 Å². The Morgan fingerprint density at radius 3 is 2.73 bits per heavy atom. The Morgan fingerprint density at radius 1 is 1.50 bits per heavy atom. The Hall–Kier alpha value is -1.90. The number of carboxylic acid groups (broad SMARTS) is 1.